The summed E-state index contributed by atoms with van der Waals surface area (Å²) in [6.45, 7) is 4.50. The number of rotatable bonds is 2. The van der Waals surface area contributed by atoms with E-state index in [1.165, 1.54) is 59.1 Å². The molecule has 4 rings (SSSR count). The zero-order valence-electron chi connectivity index (χ0n) is 19.7. The van der Waals surface area contributed by atoms with Gasteiger partial charge in [-0.2, -0.15) is 0 Å². The third-order valence-electron chi connectivity index (χ3n) is 3.55. The van der Waals surface area contributed by atoms with E-state index in [1.54, 1.807) is 48.5 Å². The Morgan fingerprint density at radius 2 is 0.588 bits per heavy atom. The number of para-hydroxylation sites is 4. The number of benzene rings is 4. The zero-order chi connectivity index (χ0) is 24.6. The summed E-state index contributed by atoms with van der Waals surface area (Å²) in [5.74, 6) is 0.287. The molecule has 4 nitrogen and oxygen atoms in total. The average molecular weight is 485 g/mol. The van der Waals surface area contributed by atoms with Crippen molar-refractivity contribution >= 4 is 32.6 Å². The van der Waals surface area contributed by atoms with E-state index in [9.17, 15) is 20.4 Å². The standard InChI is InChI=1S/4C6H6O.2C2H5.2Al/c4*7-6-4-2-1-3-5-6;2*1-2;;/h4*1-5,7H;2*1H2,2H3;;/q;;;;;;+1;+3/p-4. The molecule has 0 fully saturated rings. The SMILES string of the molecule is C[CH2][Al+][CH2]C.[Al+3].[O-]c1ccccc1.[O-]c1ccccc1.[O-]c1ccccc1.[O-]c1ccccc1. The molecule has 0 aromatic heterocycles. The maximum absolute atomic E-state index is 10.3. The van der Waals surface area contributed by atoms with Crippen molar-refractivity contribution < 1.29 is 20.4 Å². The van der Waals surface area contributed by atoms with Gasteiger partial charge in [0.1, 0.15) is 0 Å². The first-order chi connectivity index (χ1) is 16.0. The fourth-order valence-corrected chi connectivity index (χ4v) is 2.55. The Balaban J connectivity index is 0. The van der Waals surface area contributed by atoms with E-state index in [4.69, 9.17) is 0 Å². The molecule has 0 saturated carbocycles. The van der Waals surface area contributed by atoms with E-state index in [1.807, 2.05) is 24.3 Å². The van der Waals surface area contributed by atoms with Crippen molar-refractivity contribution in [2.45, 2.75) is 24.4 Å². The van der Waals surface area contributed by atoms with E-state index in [2.05, 4.69) is 13.8 Å². The molecule has 0 bridgehead atoms. The molecule has 0 atom stereocenters. The third-order valence-corrected chi connectivity index (χ3v) is 4.70. The summed E-state index contributed by atoms with van der Waals surface area (Å²) in [5.41, 5.74) is 0. The molecule has 0 heterocycles. The van der Waals surface area contributed by atoms with Crippen molar-refractivity contribution in [3.8, 4) is 23.0 Å². The van der Waals surface area contributed by atoms with Gasteiger partial charge in [0.15, 0.2) is 0 Å². The van der Waals surface area contributed by atoms with Crippen LogP contribution in [0.4, 0.5) is 0 Å². The Hall–Kier alpha value is -2.86. The first-order valence-electron chi connectivity index (χ1n) is 10.7. The second-order valence-electron chi connectivity index (χ2n) is 6.36. The van der Waals surface area contributed by atoms with Crippen LogP contribution < -0.4 is 20.4 Å². The predicted molar refractivity (Wildman–Crippen MR) is 136 cm³/mol. The minimum Gasteiger partial charge on any atom is -0.872 e. The topological polar surface area (TPSA) is 92.2 Å². The molecule has 0 amide bonds. The van der Waals surface area contributed by atoms with Crippen LogP contribution in [0.2, 0.25) is 10.6 Å². The van der Waals surface area contributed by atoms with Crippen LogP contribution in [0.15, 0.2) is 121 Å². The molecule has 0 aliphatic rings. The van der Waals surface area contributed by atoms with Crippen molar-refractivity contribution in [3.63, 3.8) is 0 Å². The Kier molecular flexibility index (Phi) is 24.3. The van der Waals surface area contributed by atoms with Crippen LogP contribution in [-0.4, -0.2) is 32.6 Å². The van der Waals surface area contributed by atoms with E-state index in [-0.39, 0.29) is 40.4 Å². The molecule has 0 spiro atoms. The van der Waals surface area contributed by atoms with Gasteiger partial charge >= 0.3 is 57.0 Å². The summed E-state index contributed by atoms with van der Waals surface area (Å²) in [5, 5.41) is 43.9. The van der Waals surface area contributed by atoms with Crippen LogP contribution in [0, 0.1) is 0 Å². The second-order valence-corrected chi connectivity index (χ2v) is 8.57. The predicted octanol–water partition coefficient (Wildman–Crippen LogP) is 4.23. The van der Waals surface area contributed by atoms with Gasteiger partial charge in [-0.25, -0.2) is 0 Å². The summed E-state index contributed by atoms with van der Waals surface area (Å²) in [7, 11) is 0. The van der Waals surface area contributed by atoms with Crippen LogP contribution in [0.1, 0.15) is 13.8 Å². The van der Waals surface area contributed by atoms with E-state index < -0.39 is 0 Å². The molecule has 0 saturated heterocycles. The molecule has 172 valence electrons. The molecular weight excluding hydrogens is 454 g/mol. The summed E-state index contributed by atoms with van der Waals surface area (Å²) in [4.78, 5) is 0. The van der Waals surface area contributed by atoms with Crippen LogP contribution in [0.3, 0.4) is 0 Å². The van der Waals surface area contributed by atoms with Crippen LogP contribution in [0.25, 0.3) is 0 Å². The fourth-order valence-electron chi connectivity index (χ4n) is 1.97. The van der Waals surface area contributed by atoms with Gasteiger partial charge in [-0.15, -0.1) is 23.0 Å². The minimum atomic E-state index is 0. The molecule has 0 unspecified atom stereocenters. The largest absolute Gasteiger partial charge is 3.00 e. The molecular formula is C28H30Al2O4. The van der Waals surface area contributed by atoms with Gasteiger partial charge in [-0.1, -0.05) is 121 Å². The first kappa shape index (κ1) is 33.3. The van der Waals surface area contributed by atoms with E-state index in [0.29, 0.717) is 0 Å². The van der Waals surface area contributed by atoms with E-state index >= 15 is 0 Å². The van der Waals surface area contributed by atoms with Crippen molar-refractivity contribution in [3.05, 3.63) is 121 Å². The van der Waals surface area contributed by atoms with Crippen molar-refractivity contribution in [1.82, 2.24) is 0 Å². The molecule has 4 aromatic carbocycles. The quantitative estimate of drug-likeness (QED) is 0.398. The van der Waals surface area contributed by atoms with Gasteiger partial charge in [-0.05, 0) is 0 Å². The number of hydrogen-bond acceptors (Lipinski definition) is 4. The van der Waals surface area contributed by atoms with Gasteiger partial charge in [0.05, 0.1) is 0 Å². The summed E-state index contributed by atoms with van der Waals surface area (Å²) in [6.07, 6.45) is 0. The average Bonchev–Trinajstić information content (AvgIpc) is 2.83. The monoisotopic (exact) mass is 484 g/mol. The summed E-state index contributed by atoms with van der Waals surface area (Å²) in [6, 6.07) is 33.3. The minimum absolute atomic E-state index is 0. The fraction of sp³-hybridized carbons (Fsp3) is 0.143. The maximum Gasteiger partial charge on any atom is 3.00 e. The van der Waals surface area contributed by atoms with Gasteiger partial charge in [0, 0.05) is 0 Å². The molecule has 6 heteroatoms. The van der Waals surface area contributed by atoms with E-state index in [0.717, 1.165) is 15.2 Å². The summed E-state index contributed by atoms with van der Waals surface area (Å²) < 4.78 is 0. The van der Waals surface area contributed by atoms with Crippen molar-refractivity contribution in [1.29, 1.82) is 0 Å². The zero-order valence-corrected chi connectivity index (χ0v) is 22.1. The first-order valence-corrected chi connectivity index (χ1v) is 12.3. The Morgan fingerprint density at radius 1 is 0.412 bits per heavy atom. The smallest absolute Gasteiger partial charge is 0.872 e. The molecule has 4 aromatic rings. The molecule has 0 radical (unpaired) electrons. The molecule has 0 aliphatic heterocycles. The van der Waals surface area contributed by atoms with Gasteiger partial charge < -0.3 is 20.4 Å². The van der Waals surface area contributed by atoms with Crippen LogP contribution >= 0.6 is 0 Å². The third kappa shape index (κ3) is 23.8. The van der Waals surface area contributed by atoms with Gasteiger partial charge in [-0.3, -0.25) is 0 Å². The van der Waals surface area contributed by atoms with Gasteiger partial charge in [0.2, 0.25) is 0 Å². The van der Waals surface area contributed by atoms with Crippen molar-refractivity contribution in [2.24, 2.45) is 0 Å². The van der Waals surface area contributed by atoms with Crippen LogP contribution in [0.5, 0.6) is 23.0 Å². The summed E-state index contributed by atoms with van der Waals surface area (Å²) >= 11 is 0.815. The Labute approximate surface area is 221 Å². The Bertz CT molecular complexity index is 742. The van der Waals surface area contributed by atoms with Crippen molar-refractivity contribution in [2.75, 3.05) is 0 Å². The second kappa shape index (κ2) is 24.8. The van der Waals surface area contributed by atoms with Crippen LogP contribution in [-0.2, 0) is 0 Å². The molecule has 34 heavy (non-hydrogen) atoms. The normalized spacial score (nSPS) is 8.06. The maximum atomic E-state index is 10.3. The molecule has 0 N–H and O–H groups in total. The Morgan fingerprint density at radius 3 is 0.647 bits per heavy atom. The number of hydrogen-bond donors (Lipinski definition) is 0. The molecule has 0 aliphatic carbocycles. The van der Waals surface area contributed by atoms with Gasteiger partial charge in [0.25, 0.3) is 0 Å².